The van der Waals surface area contributed by atoms with E-state index in [0.717, 1.165) is 19.4 Å². The quantitative estimate of drug-likeness (QED) is 0.378. The lowest BCUT2D eigenvalue weighted by Crippen LogP contribution is -2.58. The fourth-order valence-corrected chi connectivity index (χ4v) is 3.96. The van der Waals surface area contributed by atoms with Crippen molar-refractivity contribution in [3.8, 4) is 0 Å². The van der Waals surface area contributed by atoms with Crippen LogP contribution in [0.3, 0.4) is 0 Å². The minimum atomic E-state index is -5.87. The number of nitrogens with one attached hydrogen (secondary N) is 2. The molecule has 1 aliphatic heterocycles. The Hall–Kier alpha value is -3.15. The van der Waals surface area contributed by atoms with Gasteiger partial charge in [-0.1, -0.05) is 29.8 Å². The number of allylic oxidation sites excluding steroid dienone is 3. The highest BCUT2D eigenvalue weighted by Gasteiger charge is 2.58. The van der Waals surface area contributed by atoms with E-state index < -0.39 is 53.9 Å². The van der Waals surface area contributed by atoms with Crippen LogP contribution < -0.4 is 10.6 Å². The largest absolute Gasteiger partial charge is 0.486 e. The van der Waals surface area contributed by atoms with Crippen LogP contribution in [0.4, 0.5) is 22.0 Å². The third kappa shape index (κ3) is 6.28. The van der Waals surface area contributed by atoms with Crippen molar-refractivity contribution in [3.63, 3.8) is 0 Å². The molecule has 0 saturated carbocycles. The second-order valence-electron chi connectivity index (χ2n) is 9.59. The van der Waals surface area contributed by atoms with Gasteiger partial charge in [0.2, 0.25) is 11.8 Å². The maximum atomic E-state index is 13.7. The molecular formula is C25H27ClF5N3O4. The van der Waals surface area contributed by atoms with Gasteiger partial charge in [-0.3, -0.25) is 14.4 Å². The summed E-state index contributed by atoms with van der Waals surface area (Å²) >= 11 is 5.96. The van der Waals surface area contributed by atoms with E-state index in [4.69, 9.17) is 16.3 Å². The molecule has 0 saturated heterocycles. The van der Waals surface area contributed by atoms with Crippen LogP contribution in [0.2, 0.25) is 5.02 Å². The van der Waals surface area contributed by atoms with Crippen molar-refractivity contribution in [2.75, 3.05) is 6.54 Å². The van der Waals surface area contributed by atoms with E-state index in [0.29, 0.717) is 29.3 Å². The minimum absolute atomic E-state index is 0.127. The summed E-state index contributed by atoms with van der Waals surface area (Å²) in [5, 5.41) is 4.44. The lowest BCUT2D eigenvalue weighted by molar-refractivity contribution is -0.278. The predicted molar refractivity (Wildman–Crippen MR) is 128 cm³/mol. The molecule has 2 atom stereocenters. The van der Waals surface area contributed by atoms with Crippen LogP contribution >= 0.6 is 11.6 Å². The average Bonchev–Trinajstić information content (AvgIpc) is 2.93. The van der Waals surface area contributed by atoms with Crippen molar-refractivity contribution in [2.45, 2.75) is 64.4 Å². The van der Waals surface area contributed by atoms with E-state index in [1.807, 2.05) is 6.08 Å². The number of amides is 3. The molecule has 1 heterocycles. The van der Waals surface area contributed by atoms with Crippen molar-refractivity contribution >= 4 is 29.3 Å². The van der Waals surface area contributed by atoms with Crippen LogP contribution in [0.5, 0.6) is 0 Å². The van der Waals surface area contributed by atoms with Gasteiger partial charge in [-0.25, -0.2) is 0 Å². The molecule has 0 fully saturated rings. The summed E-state index contributed by atoms with van der Waals surface area (Å²) in [6.07, 6.45) is -2.05. The number of hydrogen-bond donors (Lipinski definition) is 2. The summed E-state index contributed by atoms with van der Waals surface area (Å²) in [7, 11) is 0. The molecule has 0 radical (unpaired) electrons. The fraction of sp³-hybridized carbons (Fsp3) is 0.480. The number of nitrogens with zero attached hydrogens (tertiary/aromatic N) is 1. The first-order valence-corrected chi connectivity index (χ1v) is 12.1. The van der Waals surface area contributed by atoms with Gasteiger partial charge in [0.25, 0.3) is 5.91 Å². The van der Waals surface area contributed by atoms with E-state index >= 15 is 0 Å². The number of halogens is 6. The van der Waals surface area contributed by atoms with Crippen LogP contribution in [-0.4, -0.2) is 53.4 Å². The number of carbonyl (C=O) groups excluding carboxylic acids is 3. The van der Waals surface area contributed by atoms with Crippen LogP contribution in [0.25, 0.3) is 0 Å². The highest BCUT2D eigenvalue weighted by molar-refractivity contribution is 6.30. The highest BCUT2D eigenvalue weighted by Crippen LogP contribution is 2.35. The SMILES string of the molecule is C[C@H]1OC2=C(CCC=C2)N(Cc2ccc(Cl)cc2)C(=O)[C@H]1NC(=O)C(C)(C)C(=O)NCC(F)(F)C(F)(F)F. The Morgan fingerprint density at radius 2 is 1.74 bits per heavy atom. The molecule has 1 aromatic carbocycles. The lowest BCUT2D eigenvalue weighted by Gasteiger charge is -2.31. The zero-order chi connectivity index (χ0) is 28.5. The summed E-state index contributed by atoms with van der Waals surface area (Å²) in [6.45, 7) is 1.73. The molecular weight excluding hydrogens is 537 g/mol. The number of benzene rings is 1. The molecule has 208 valence electrons. The second kappa shape index (κ2) is 10.9. The molecule has 1 aliphatic carbocycles. The first kappa shape index (κ1) is 29.4. The van der Waals surface area contributed by atoms with Crippen LogP contribution in [0.15, 0.2) is 47.9 Å². The van der Waals surface area contributed by atoms with Gasteiger partial charge in [0.05, 0.1) is 18.8 Å². The zero-order valence-electron chi connectivity index (χ0n) is 20.8. The molecule has 0 bridgehead atoms. The van der Waals surface area contributed by atoms with Crippen molar-refractivity contribution in [1.82, 2.24) is 15.5 Å². The van der Waals surface area contributed by atoms with E-state index in [1.54, 1.807) is 37.3 Å². The molecule has 1 aromatic rings. The van der Waals surface area contributed by atoms with Crippen molar-refractivity contribution in [2.24, 2.45) is 5.41 Å². The zero-order valence-corrected chi connectivity index (χ0v) is 21.6. The molecule has 0 spiro atoms. The smallest absolute Gasteiger partial charge is 0.455 e. The Kier molecular flexibility index (Phi) is 8.45. The standard InChI is InChI=1S/C25H27ClF5N3O4/c1-14-19(33-22(37)23(2,3)21(36)32-13-24(27,28)25(29,30)31)20(35)34(12-15-8-10-16(26)11-9-15)17-6-4-5-7-18(17)38-14/h5,7-11,14,19H,4,6,12-13H2,1-3H3,(H,32,36)(H,33,37)/t14-,19+/m1/s1. The summed E-state index contributed by atoms with van der Waals surface area (Å²) in [5.41, 5.74) is -0.751. The molecule has 0 unspecified atom stereocenters. The van der Waals surface area contributed by atoms with E-state index in [9.17, 15) is 36.3 Å². The molecule has 13 heteroatoms. The number of hydrogen-bond acceptors (Lipinski definition) is 4. The summed E-state index contributed by atoms with van der Waals surface area (Å²) in [6, 6.07) is 5.51. The highest BCUT2D eigenvalue weighted by atomic mass is 35.5. The molecule has 38 heavy (non-hydrogen) atoms. The Balaban J connectivity index is 1.81. The monoisotopic (exact) mass is 563 g/mol. The molecule has 3 amide bonds. The number of rotatable bonds is 7. The second-order valence-corrected chi connectivity index (χ2v) is 10.0. The van der Waals surface area contributed by atoms with Gasteiger partial charge >= 0.3 is 12.1 Å². The Morgan fingerprint density at radius 1 is 1.11 bits per heavy atom. The van der Waals surface area contributed by atoms with Gasteiger partial charge < -0.3 is 20.3 Å². The topological polar surface area (TPSA) is 87.7 Å². The Bertz CT molecular complexity index is 1150. The minimum Gasteiger partial charge on any atom is -0.486 e. The van der Waals surface area contributed by atoms with Gasteiger partial charge in [-0.15, -0.1) is 0 Å². The van der Waals surface area contributed by atoms with Crippen molar-refractivity contribution < 1.29 is 41.1 Å². The first-order chi connectivity index (χ1) is 17.5. The summed E-state index contributed by atoms with van der Waals surface area (Å²) < 4.78 is 69.9. The summed E-state index contributed by atoms with van der Waals surface area (Å²) in [5.74, 6) is -7.71. The number of alkyl halides is 5. The van der Waals surface area contributed by atoms with Gasteiger partial charge in [-0.05, 0) is 57.4 Å². The third-order valence-electron chi connectivity index (χ3n) is 6.30. The predicted octanol–water partition coefficient (Wildman–Crippen LogP) is 4.47. The van der Waals surface area contributed by atoms with Crippen molar-refractivity contribution in [3.05, 3.63) is 58.5 Å². The van der Waals surface area contributed by atoms with E-state index in [1.165, 1.54) is 10.2 Å². The number of carbonyl (C=O) groups is 3. The maximum Gasteiger partial charge on any atom is 0.455 e. The van der Waals surface area contributed by atoms with Gasteiger partial charge in [-0.2, -0.15) is 22.0 Å². The lowest BCUT2D eigenvalue weighted by atomic mass is 9.90. The third-order valence-corrected chi connectivity index (χ3v) is 6.56. The van der Waals surface area contributed by atoms with Gasteiger partial charge in [0.1, 0.15) is 23.3 Å². The first-order valence-electron chi connectivity index (χ1n) is 11.7. The van der Waals surface area contributed by atoms with Gasteiger partial charge in [0.15, 0.2) is 0 Å². The number of ether oxygens (including phenoxy) is 1. The van der Waals surface area contributed by atoms with Crippen LogP contribution in [0, 0.1) is 5.41 Å². The van der Waals surface area contributed by atoms with E-state index in [-0.39, 0.29) is 6.54 Å². The molecule has 3 rings (SSSR count). The van der Waals surface area contributed by atoms with E-state index in [2.05, 4.69) is 5.32 Å². The maximum absolute atomic E-state index is 13.7. The van der Waals surface area contributed by atoms with Crippen molar-refractivity contribution in [1.29, 1.82) is 0 Å². The Morgan fingerprint density at radius 3 is 2.34 bits per heavy atom. The van der Waals surface area contributed by atoms with Crippen LogP contribution in [-0.2, 0) is 25.7 Å². The molecule has 2 N–H and O–H groups in total. The van der Waals surface area contributed by atoms with Crippen LogP contribution in [0.1, 0.15) is 39.2 Å². The van der Waals surface area contributed by atoms with Gasteiger partial charge in [0, 0.05) is 5.02 Å². The normalized spacial score (nSPS) is 20.4. The Labute approximate surface area is 221 Å². The molecule has 2 aliphatic rings. The summed E-state index contributed by atoms with van der Waals surface area (Å²) in [4.78, 5) is 40.7. The molecule has 7 nitrogen and oxygen atoms in total. The molecule has 0 aromatic heterocycles. The average molecular weight is 564 g/mol. The fourth-order valence-electron chi connectivity index (χ4n) is 3.84.